The number of ether oxygens (including phenoxy) is 1. The number of nitrogens with one attached hydrogen (secondary N) is 1. The van der Waals surface area contributed by atoms with Gasteiger partial charge in [0, 0.05) is 19.0 Å². The third kappa shape index (κ3) is 5.39. The van der Waals surface area contributed by atoms with Crippen LogP contribution in [-0.4, -0.2) is 35.9 Å². The maximum Gasteiger partial charge on any atom is 0.261 e. The number of rotatable bonds is 8. The first kappa shape index (κ1) is 23.9. The molecule has 5 heteroatoms. The summed E-state index contributed by atoms with van der Waals surface area (Å²) in [7, 11) is 0. The second-order valence-corrected chi connectivity index (χ2v) is 10.6. The van der Waals surface area contributed by atoms with Crippen molar-refractivity contribution in [3.05, 3.63) is 64.7 Å². The van der Waals surface area contributed by atoms with Crippen LogP contribution in [0.1, 0.15) is 80.2 Å². The molecule has 0 aromatic heterocycles. The summed E-state index contributed by atoms with van der Waals surface area (Å²) in [6, 6.07) is 14.6. The minimum Gasteiger partial charge on any atom is -0.481 e. The van der Waals surface area contributed by atoms with E-state index in [2.05, 4.69) is 53.5 Å². The lowest BCUT2D eigenvalue weighted by Gasteiger charge is -2.39. The van der Waals surface area contributed by atoms with Gasteiger partial charge in [0.05, 0.1) is 6.04 Å². The van der Waals surface area contributed by atoms with Gasteiger partial charge < -0.3 is 15.0 Å². The summed E-state index contributed by atoms with van der Waals surface area (Å²) in [4.78, 5) is 28.5. The predicted octanol–water partition coefficient (Wildman–Crippen LogP) is 5.34. The molecule has 2 saturated carbocycles. The Morgan fingerprint density at radius 3 is 2.49 bits per heavy atom. The molecule has 0 radical (unpaired) electrons. The van der Waals surface area contributed by atoms with Crippen molar-refractivity contribution in [3.63, 3.8) is 0 Å². The fraction of sp³-hybridized carbons (Fsp3) is 0.533. The lowest BCUT2D eigenvalue weighted by molar-refractivity contribution is -0.137. The highest BCUT2D eigenvalue weighted by Gasteiger charge is 2.36. The zero-order chi connectivity index (χ0) is 24.4. The number of fused-ring (bicyclic) bond motifs is 1. The van der Waals surface area contributed by atoms with Crippen LogP contribution in [0.2, 0.25) is 0 Å². The highest BCUT2D eigenvalue weighted by atomic mass is 16.5. The molecular weight excluding hydrogens is 436 g/mol. The summed E-state index contributed by atoms with van der Waals surface area (Å²) in [6.07, 6.45) is 7.66. The first-order chi connectivity index (χ1) is 17.0. The number of benzene rings is 2. The molecule has 3 aliphatic rings. The third-order valence-electron chi connectivity index (χ3n) is 7.93. The van der Waals surface area contributed by atoms with E-state index < -0.39 is 6.10 Å². The fourth-order valence-corrected chi connectivity index (χ4v) is 5.59. The number of amides is 2. The van der Waals surface area contributed by atoms with E-state index in [9.17, 15) is 9.59 Å². The van der Waals surface area contributed by atoms with Crippen LogP contribution in [0, 0.1) is 18.8 Å². The second kappa shape index (κ2) is 10.4. The Hall–Kier alpha value is -2.82. The maximum absolute atomic E-state index is 13.6. The normalized spacial score (nSPS) is 20.9. The van der Waals surface area contributed by atoms with Crippen molar-refractivity contribution in [2.45, 2.75) is 77.4 Å². The Morgan fingerprint density at radius 2 is 1.80 bits per heavy atom. The van der Waals surface area contributed by atoms with E-state index >= 15 is 0 Å². The lowest BCUT2D eigenvalue weighted by Crippen LogP contribution is -2.43. The van der Waals surface area contributed by atoms with Gasteiger partial charge in [-0.25, -0.2) is 0 Å². The third-order valence-corrected chi connectivity index (χ3v) is 7.93. The summed E-state index contributed by atoms with van der Waals surface area (Å²) in [5.41, 5.74) is 4.72. The van der Waals surface area contributed by atoms with Crippen LogP contribution in [-0.2, 0) is 16.0 Å². The fourth-order valence-electron chi connectivity index (χ4n) is 5.59. The Kier molecular flexibility index (Phi) is 7.12. The van der Waals surface area contributed by atoms with Crippen molar-refractivity contribution >= 4 is 11.8 Å². The zero-order valence-corrected chi connectivity index (χ0v) is 21.1. The SMILES string of the molecule is CC[C@@H](Oc1ccc2c(c1)[C@H](c1ccc(C)cc1)N(C(=O)C1CCCC1)CC2)C(=O)NCC1CC1. The topological polar surface area (TPSA) is 58.6 Å². The number of aryl methyl sites for hydroxylation is 1. The largest absolute Gasteiger partial charge is 0.481 e. The van der Waals surface area contributed by atoms with Gasteiger partial charge >= 0.3 is 0 Å². The lowest BCUT2D eigenvalue weighted by atomic mass is 9.86. The van der Waals surface area contributed by atoms with E-state index in [4.69, 9.17) is 4.74 Å². The van der Waals surface area contributed by atoms with Gasteiger partial charge in [-0.05, 0) is 80.2 Å². The average molecular weight is 475 g/mol. The smallest absolute Gasteiger partial charge is 0.261 e. The van der Waals surface area contributed by atoms with Crippen LogP contribution in [0.5, 0.6) is 5.75 Å². The quantitative estimate of drug-likeness (QED) is 0.562. The van der Waals surface area contributed by atoms with Gasteiger partial charge in [0.15, 0.2) is 6.10 Å². The van der Waals surface area contributed by atoms with Gasteiger partial charge in [-0.15, -0.1) is 0 Å². The molecular formula is C30H38N2O3. The summed E-state index contributed by atoms with van der Waals surface area (Å²) in [6.45, 7) is 5.56. The van der Waals surface area contributed by atoms with E-state index in [-0.39, 0.29) is 23.8 Å². The van der Waals surface area contributed by atoms with Crippen LogP contribution in [0.25, 0.3) is 0 Å². The minimum absolute atomic E-state index is 0.0368. The molecule has 2 amide bonds. The average Bonchev–Trinajstić information content (AvgIpc) is 3.55. The number of carbonyl (C=O) groups is 2. The second-order valence-electron chi connectivity index (χ2n) is 10.6. The molecule has 0 unspecified atom stereocenters. The molecule has 0 spiro atoms. The molecule has 5 nitrogen and oxygen atoms in total. The molecule has 1 heterocycles. The molecule has 0 saturated heterocycles. The van der Waals surface area contributed by atoms with E-state index in [0.717, 1.165) is 56.3 Å². The Balaban J connectivity index is 1.43. The zero-order valence-electron chi connectivity index (χ0n) is 21.1. The first-order valence-electron chi connectivity index (χ1n) is 13.5. The molecule has 2 aromatic rings. The molecule has 2 aliphatic carbocycles. The van der Waals surface area contributed by atoms with Crippen LogP contribution >= 0.6 is 0 Å². The van der Waals surface area contributed by atoms with Crippen molar-refractivity contribution in [2.75, 3.05) is 13.1 Å². The molecule has 2 atom stereocenters. The van der Waals surface area contributed by atoms with Crippen LogP contribution in [0.3, 0.4) is 0 Å². The highest BCUT2D eigenvalue weighted by molar-refractivity contribution is 5.81. The molecule has 5 rings (SSSR count). The monoisotopic (exact) mass is 474 g/mol. The van der Waals surface area contributed by atoms with Crippen molar-refractivity contribution in [1.29, 1.82) is 0 Å². The molecule has 35 heavy (non-hydrogen) atoms. The Bertz CT molecular complexity index is 1050. The van der Waals surface area contributed by atoms with Gasteiger partial charge in [-0.1, -0.05) is 55.7 Å². The Morgan fingerprint density at radius 1 is 1.06 bits per heavy atom. The van der Waals surface area contributed by atoms with Crippen LogP contribution < -0.4 is 10.1 Å². The van der Waals surface area contributed by atoms with E-state index in [1.807, 2.05) is 13.0 Å². The Labute approximate surface area is 209 Å². The standard InChI is InChI=1S/C30H38N2O3/c1-3-27(29(33)31-19-21-10-11-21)35-25-15-14-22-16-17-32(30(34)24-6-4-5-7-24)28(26(22)18-25)23-12-8-20(2)9-13-23/h8-9,12-15,18,21,24,27-28H,3-7,10-11,16-17,19H2,1-2H3,(H,31,33)/t27-,28+/m1/s1. The summed E-state index contributed by atoms with van der Waals surface area (Å²) in [5, 5.41) is 3.05. The first-order valence-corrected chi connectivity index (χ1v) is 13.5. The molecule has 186 valence electrons. The van der Waals surface area contributed by atoms with Gasteiger partial charge in [0.2, 0.25) is 5.91 Å². The summed E-state index contributed by atoms with van der Waals surface area (Å²) in [5.74, 6) is 1.73. The summed E-state index contributed by atoms with van der Waals surface area (Å²) < 4.78 is 6.23. The van der Waals surface area contributed by atoms with E-state index in [0.29, 0.717) is 18.1 Å². The minimum atomic E-state index is -0.510. The van der Waals surface area contributed by atoms with Gasteiger partial charge in [0.25, 0.3) is 5.91 Å². The van der Waals surface area contributed by atoms with Gasteiger partial charge in [0.1, 0.15) is 5.75 Å². The van der Waals surface area contributed by atoms with Crippen molar-refractivity contribution in [2.24, 2.45) is 11.8 Å². The number of nitrogens with zero attached hydrogens (tertiary/aromatic N) is 1. The predicted molar refractivity (Wildman–Crippen MR) is 137 cm³/mol. The maximum atomic E-state index is 13.6. The van der Waals surface area contributed by atoms with E-state index in [1.54, 1.807) is 0 Å². The molecule has 2 fully saturated rings. The number of hydrogen-bond acceptors (Lipinski definition) is 3. The van der Waals surface area contributed by atoms with Gasteiger partial charge in [-0.2, -0.15) is 0 Å². The van der Waals surface area contributed by atoms with Crippen molar-refractivity contribution in [3.8, 4) is 5.75 Å². The van der Waals surface area contributed by atoms with Gasteiger partial charge in [-0.3, -0.25) is 9.59 Å². The number of carbonyl (C=O) groups excluding carboxylic acids is 2. The van der Waals surface area contributed by atoms with Crippen molar-refractivity contribution < 1.29 is 14.3 Å². The van der Waals surface area contributed by atoms with Crippen LogP contribution in [0.15, 0.2) is 42.5 Å². The molecule has 2 aromatic carbocycles. The van der Waals surface area contributed by atoms with Crippen LogP contribution in [0.4, 0.5) is 0 Å². The van der Waals surface area contributed by atoms with E-state index in [1.165, 1.54) is 24.0 Å². The summed E-state index contributed by atoms with van der Waals surface area (Å²) >= 11 is 0. The van der Waals surface area contributed by atoms with Crippen molar-refractivity contribution in [1.82, 2.24) is 10.2 Å². The molecule has 1 aliphatic heterocycles. The number of hydrogen-bond donors (Lipinski definition) is 1. The molecule has 1 N–H and O–H groups in total. The molecule has 0 bridgehead atoms. The highest BCUT2D eigenvalue weighted by Crippen LogP contribution is 2.40.